The van der Waals surface area contributed by atoms with E-state index in [-0.39, 0.29) is 5.91 Å². The zero-order valence-electron chi connectivity index (χ0n) is 17.2. The van der Waals surface area contributed by atoms with Gasteiger partial charge >= 0.3 is 0 Å². The molecule has 2 heterocycles. The molecule has 4 rings (SSSR count). The maximum atomic E-state index is 13.0. The van der Waals surface area contributed by atoms with Gasteiger partial charge < -0.3 is 9.47 Å². The summed E-state index contributed by atoms with van der Waals surface area (Å²) in [5, 5.41) is 11.5. The molecule has 2 aliphatic heterocycles. The Labute approximate surface area is 179 Å². The number of thioether (sulfide) groups is 1. The van der Waals surface area contributed by atoms with Gasteiger partial charge in [0.2, 0.25) is 0 Å². The van der Waals surface area contributed by atoms with Crippen molar-refractivity contribution in [3.8, 4) is 11.5 Å². The molecule has 0 bridgehead atoms. The number of nitrogens with one attached hydrogen (secondary N) is 1. The lowest BCUT2D eigenvalue weighted by atomic mass is 10.1. The molecule has 2 aliphatic rings. The molecular formula is C22H24N4O3S. The maximum Gasteiger partial charge on any atom is 0.276 e. The monoisotopic (exact) mass is 424 g/mol. The molecule has 2 aromatic carbocycles. The Morgan fingerprint density at radius 1 is 1.17 bits per heavy atom. The van der Waals surface area contributed by atoms with Gasteiger partial charge in [-0.05, 0) is 31.5 Å². The number of benzene rings is 2. The van der Waals surface area contributed by atoms with Crippen LogP contribution in [0.2, 0.25) is 0 Å². The number of rotatable bonds is 6. The Bertz CT molecular complexity index is 1120. The molecular weight excluding hydrogens is 400 g/mol. The molecule has 1 unspecified atom stereocenters. The topological polar surface area (TPSA) is 75.5 Å². The Morgan fingerprint density at radius 2 is 2.00 bits per heavy atom. The average molecular weight is 425 g/mol. The van der Waals surface area contributed by atoms with Crippen molar-refractivity contribution >= 4 is 28.5 Å². The van der Waals surface area contributed by atoms with Crippen molar-refractivity contribution in [3.05, 3.63) is 58.6 Å². The lowest BCUT2D eigenvalue weighted by Crippen LogP contribution is -2.50. The van der Waals surface area contributed by atoms with Crippen LogP contribution in [0.1, 0.15) is 32.0 Å². The molecule has 1 amide bonds. The standard InChI is InChI=1S/C22H24N4O3S/c1-4-12-30-22-24-21(27)19-15-8-6-7-9-16(15)23-20(26(19)25-22)14-10-11-17(28-3)18(13-14)29-5-2/h6-11,13,20H,4-5,12H2,1-3H3,(H,24,25,27). The van der Waals surface area contributed by atoms with Crippen molar-refractivity contribution in [2.45, 2.75) is 26.4 Å². The number of methoxy groups -OCH3 is 1. The van der Waals surface area contributed by atoms with E-state index in [9.17, 15) is 4.79 Å². The van der Waals surface area contributed by atoms with E-state index in [4.69, 9.17) is 19.6 Å². The highest BCUT2D eigenvalue weighted by Gasteiger charge is 2.34. The molecule has 8 heteroatoms. The normalized spacial score (nSPS) is 17.4. The number of hydrogen-bond donors (Lipinski definition) is 1. The van der Waals surface area contributed by atoms with Crippen LogP contribution >= 0.6 is 11.8 Å². The van der Waals surface area contributed by atoms with E-state index in [1.165, 1.54) is 11.8 Å². The minimum Gasteiger partial charge on any atom is -0.493 e. The van der Waals surface area contributed by atoms with Gasteiger partial charge in [-0.25, -0.2) is 5.01 Å². The minimum atomic E-state index is -0.483. The fourth-order valence-corrected chi connectivity index (χ4v) is 4.14. The van der Waals surface area contributed by atoms with Crippen molar-refractivity contribution in [2.24, 2.45) is 10.1 Å². The van der Waals surface area contributed by atoms with E-state index in [0.717, 1.165) is 28.3 Å². The second-order valence-electron chi connectivity index (χ2n) is 6.76. The number of amidine groups is 1. The van der Waals surface area contributed by atoms with Gasteiger partial charge in [-0.3, -0.25) is 15.1 Å². The molecule has 0 saturated heterocycles. The number of hydrogen-bond acceptors (Lipinski definition) is 7. The molecule has 1 N–H and O–H groups in total. The summed E-state index contributed by atoms with van der Waals surface area (Å²) in [6.45, 7) is 4.54. The van der Waals surface area contributed by atoms with Crippen molar-refractivity contribution in [1.82, 2.24) is 10.3 Å². The summed E-state index contributed by atoms with van der Waals surface area (Å²) < 4.78 is 11.2. The minimum absolute atomic E-state index is 0.172. The molecule has 2 aromatic rings. The summed E-state index contributed by atoms with van der Waals surface area (Å²) in [5.41, 5.74) is 1.37. The first-order valence-electron chi connectivity index (χ1n) is 9.96. The maximum absolute atomic E-state index is 13.0. The van der Waals surface area contributed by atoms with Crippen LogP contribution < -0.4 is 25.4 Å². The summed E-state index contributed by atoms with van der Waals surface area (Å²) in [4.78, 5) is 18.0. The van der Waals surface area contributed by atoms with Gasteiger partial charge in [-0.2, -0.15) is 0 Å². The van der Waals surface area contributed by atoms with Gasteiger partial charge in [0.1, 0.15) is 5.70 Å². The van der Waals surface area contributed by atoms with E-state index in [2.05, 4.69) is 12.2 Å². The van der Waals surface area contributed by atoms with Crippen molar-refractivity contribution < 1.29 is 14.3 Å². The van der Waals surface area contributed by atoms with E-state index in [1.807, 2.05) is 49.4 Å². The van der Waals surface area contributed by atoms with Gasteiger partial charge in [-0.15, -0.1) is 5.10 Å². The highest BCUT2D eigenvalue weighted by molar-refractivity contribution is 8.13. The van der Waals surface area contributed by atoms with Crippen LogP contribution in [0.3, 0.4) is 0 Å². The number of fused-ring (bicyclic) bond motifs is 2. The molecule has 0 aliphatic carbocycles. The van der Waals surface area contributed by atoms with Gasteiger partial charge in [0.05, 0.1) is 19.1 Å². The van der Waals surface area contributed by atoms with Crippen LogP contribution in [0, 0.1) is 0 Å². The summed E-state index contributed by atoms with van der Waals surface area (Å²) >= 11 is 1.53. The average Bonchev–Trinajstić information content (AvgIpc) is 2.77. The SMILES string of the molecule is CCCSC1=NN2C(=c3ccccc3=NC2c2ccc(OC)c(OCC)c2)C(=O)N1. The Hall–Kier alpha value is -3.00. The van der Waals surface area contributed by atoms with Crippen LogP contribution in [0.25, 0.3) is 5.70 Å². The van der Waals surface area contributed by atoms with Crippen LogP contribution in [0.4, 0.5) is 0 Å². The molecule has 0 saturated carbocycles. The number of carbonyl (C=O) groups excluding carboxylic acids is 1. The first kappa shape index (κ1) is 20.3. The Balaban J connectivity index is 1.87. The van der Waals surface area contributed by atoms with Gasteiger partial charge in [-0.1, -0.05) is 43.0 Å². The zero-order chi connectivity index (χ0) is 21.1. The van der Waals surface area contributed by atoms with Gasteiger partial charge in [0.25, 0.3) is 5.91 Å². The Kier molecular flexibility index (Phi) is 5.94. The lowest BCUT2D eigenvalue weighted by Gasteiger charge is -2.34. The Morgan fingerprint density at radius 3 is 2.77 bits per heavy atom. The first-order valence-corrected chi connectivity index (χ1v) is 10.9. The van der Waals surface area contributed by atoms with Crippen LogP contribution in [-0.4, -0.2) is 35.6 Å². The highest BCUT2D eigenvalue weighted by atomic mass is 32.2. The smallest absolute Gasteiger partial charge is 0.276 e. The van der Waals surface area contributed by atoms with Crippen molar-refractivity contribution in [1.29, 1.82) is 0 Å². The van der Waals surface area contributed by atoms with Crippen molar-refractivity contribution in [3.63, 3.8) is 0 Å². The number of carbonyl (C=O) groups is 1. The van der Waals surface area contributed by atoms with Crippen LogP contribution in [-0.2, 0) is 4.79 Å². The second kappa shape index (κ2) is 8.79. The number of para-hydroxylation sites is 1. The predicted molar refractivity (Wildman–Crippen MR) is 118 cm³/mol. The molecule has 0 radical (unpaired) electrons. The third-order valence-corrected chi connectivity index (χ3v) is 5.81. The predicted octanol–water partition coefficient (Wildman–Crippen LogP) is 2.38. The third-order valence-electron chi connectivity index (χ3n) is 4.74. The van der Waals surface area contributed by atoms with Crippen LogP contribution in [0.15, 0.2) is 52.6 Å². The molecule has 30 heavy (non-hydrogen) atoms. The van der Waals surface area contributed by atoms with Crippen molar-refractivity contribution in [2.75, 3.05) is 19.5 Å². The van der Waals surface area contributed by atoms with E-state index >= 15 is 0 Å². The van der Waals surface area contributed by atoms with Crippen LogP contribution in [0.5, 0.6) is 11.5 Å². The number of hydrazone groups is 1. The molecule has 156 valence electrons. The second-order valence-corrected chi connectivity index (χ2v) is 7.85. The molecule has 0 aromatic heterocycles. The first-order chi connectivity index (χ1) is 14.7. The molecule has 0 spiro atoms. The summed E-state index contributed by atoms with van der Waals surface area (Å²) in [5.74, 6) is 1.99. The molecule has 7 nitrogen and oxygen atoms in total. The summed E-state index contributed by atoms with van der Waals surface area (Å²) in [7, 11) is 1.61. The molecule has 1 atom stereocenters. The number of nitrogens with zero attached hydrogens (tertiary/aromatic N) is 3. The summed E-state index contributed by atoms with van der Waals surface area (Å²) in [6.07, 6.45) is 0.506. The van der Waals surface area contributed by atoms with Gasteiger partial charge in [0.15, 0.2) is 22.8 Å². The largest absolute Gasteiger partial charge is 0.493 e. The number of ether oxygens (including phenoxy) is 2. The fraction of sp³-hybridized carbons (Fsp3) is 0.318. The van der Waals surface area contributed by atoms with E-state index < -0.39 is 6.17 Å². The lowest BCUT2D eigenvalue weighted by molar-refractivity contribution is -0.116. The third kappa shape index (κ3) is 3.75. The highest BCUT2D eigenvalue weighted by Crippen LogP contribution is 2.36. The van der Waals surface area contributed by atoms with Gasteiger partial charge in [0, 0.05) is 16.5 Å². The summed E-state index contributed by atoms with van der Waals surface area (Å²) in [6, 6.07) is 13.3. The zero-order valence-corrected chi connectivity index (χ0v) is 18.0. The van der Waals surface area contributed by atoms with E-state index in [1.54, 1.807) is 12.1 Å². The molecule has 0 fully saturated rings. The quantitative estimate of drug-likeness (QED) is 0.771. The number of amides is 1. The van der Waals surface area contributed by atoms with E-state index in [0.29, 0.717) is 29.0 Å². The fourth-order valence-electron chi connectivity index (χ4n) is 3.43.